The molecule has 0 radical (unpaired) electrons. The maximum atomic E-state index is 11.6. The molecule has 22 heavy (non-hydrogen) atoms. The smallest absolute Gasteiger partial charge is 0.254 e. The number of nitrogens with one attached hydrogen (secondary N) is 1. The van der Waals surface area contributed by atoms with E-state index in [0.717, 1.165) is 16.6 Å². The van der Waals surface area contributed by atoms with Crippen molar-refractivity contribution in [3.8, 4) is 0 Å². The van der Waals surface area contributed by atoms with Crippen LogP contribution in [0.2, 0.25) is 0 Å². The molecular weight excluding hydrogens is 278 g/mol. The van der Waals surface area contributed by atoms with Crippen molar-refractivity contribution in [1.82, 2.24) is 14.5 Å². The van der Waals surface area contributed by atoms with Crippen molar-refractivity contribution in [1.29, 1.82) is 0 Å². The lowest BCUT2D eigenvalue weighted by Crippen LogP contribution is -2.16. The number of fused-ring (bicyclic) bond motifs is 1. The Balaban J connectivity index is 2.09. The lowest BCUT2D eigenvalue weighted by Gasteiger charge is -2.11. The van der Waals surface area contributed by atoms with Crippen LogP contribution in [0.1, 0.15) is 23.1 Å². The third kappa shape index (κ3) is 2.39. The summed E-state index contributed by atoms with van der Waals surface area (Å²) in [5.41, 5.74) is 7.67. The van der Waals surface area contributed by atoms with Crippen LogP contribution in [0.3, 0.4) is 0 Å². The molecule has 6 heteroatoms. The Morgan fingerprint density at radius 2 is 2.18 bits per heavy atom. The van der Waals surface area contributed by atoms with Gasteiger partial charge < -0.3 is 15.6 Å². The number of aryl methyl sites for hydroxylation is 2. The molecule has 0 fully saturated rings. The van der Waals surface area contributed by atoms with Gasteiger partial charge in [0.2, 0.25) is 0 Å². The number of hydrogen-bond donors (Lipinski definition) is 2. The molecule has 0 bridgehead atoms. The lowest BCUT2D eigenvalue weighted by atomic mass is 10.2. The Kier molecular flexibility index (Phi) is 3.50. The zero-order valence-corrected chi connectivity index (χ0v) is 12.5. The van der Waals surface area contributed by atoms with Crippen molar-refractivity contribution in [3.05, 3.63) is 48.0 Å². The number of nitrogens with zero attached hydrogens (tertiary/aromatic N) is 3. The SMILES string of the molecule is CCc1ncc(C(N)=O)c(Nc2cccc3c2ccn3C)n1. The molecular formula is C16H17N5O. The van der Waals surface area contributed by atoms with Gasteiger partial charge in [-0.3, -0.25) is 4.79 Å². The minimum atomic E-state index is -0.551. The Bertz CT molecular complexity index is 853. The van der Waals surface area contributed by atoms with Crippen LogP contribution in [-0.4, -0.2) is 20.4 Å². The van der Waals surface area contributed by atoms with Crippen LogP contribution in [0.15, 0.2) is 36.7 Å². The third-order valence-electron chi connectivity index (χ3n) is 3.60. The summed E-state index contributed by atoms with van der Waals surface area (Å²) >= 11 is 0. The van der Waals surface area contributed by atoms with Gasteiger partial charge in [-0.25, -0.2) is 9.97 Å². The maximum Gasteiger partial charge on any atom is 0.254 e. The molecule has 2 aromatic heterocycles. The Hall–Kier alpha value is -2.89. The molecule has 0 spiro atoms. The van der Waals surface area contributed by atoms with Gasteiger partial charge in [-0.1, -0.05) is 13.0 Å². The van der Waals surface area contributed by atoms with Crippen LogP contribution in [-0.2, 0) is 13.5 Å². The average Bonchev–Trinajstić information content (AvgIpc) is 2.89. The first-order valence-electron chi connectivity index (χ1n) is 7.07. The van der Waals surface area contributed by atoms with Gasteiger partial charge in [0.1, 0.15) is 17.2 Å². The number of rotatable bonds is 4. The predicted molar refractivity (Wildman–Crippen MR) is 86.1 cm³/mol. The van der Waals surface area contributed by atoms with Crippen LogP contribution < -0.4 is 11.1 Å². The summed E-state index contributed by atoms with van der Waals surface area (Å²) < 4.78 is 2.03. The highest BCUT2D eigenvalue weighted by Crippen LogP contribution is 2.27. The number of carbonyl (C=O) groups is 1. The van der Waals surface area contributed by atoms with Gasteiger partial charge in [-0.05, 0) is 18.2 Å². The number of nitrogens with two attached hydrogens (primary N) is 1. The summed E-state index contributed by atoms with van der Waals surface area (Å²) in [6.07, 6.45) is 4.15. The van der Waals surface area contributed by atoms with Crippen molar-refractivity contribution >= 4 is 28.3 Å². The van der Waals surface area contributed by atoms with Gasteiger partial charge in [-0.15, -0.1) is 0 Å². The molecule has 0 atom stereocenters. The van der Waals surface area contributed by atoms with Crippen molar-refractivity contribution in [2.24, 2.45) is 12.8 Å². The molecule has 0 saturated carbocycles. The van der Waals surface area contributed by atoms with E-state index in [-0.39, 0.29) is 5.56 Å². The average molecular weight is 295 g/mol. The summed E-state index contributed by atoms with van der Waals surface area (Å²) in [4.78, 5) is 20.1. The van der Waals surface area contributed by atoms with Crippen LogP contribution in [0.5, 0.6) is 0 Å². The second-order valence-electron chi connectivity index (χ2n) is 5.06. The van der Waals surface area contributed by atoms with Gasteiger partial charge in [0.25, 0.3) is 5.91 Å². The van der Waals surface area contributed by atoms with E-state index < -0.39 is 5.91 Å². The van der Waals surface area contributed by atoms with Crippen LogP contribution in [0.25, 0.3) is 10.9 Å². The molecule has 0 saturated heterocycles. The topological polar surface area (TPSA) is 85.8 Å². The first-order chi connectivity index (χ1) is 10.6. The highest BCUT2D eigenvalue weighted by Gasteiger charge is 2.13. The van der Waals surface area contributed by atoms with Crippen LogP contribution >= 0.6 is 0 Å². The first kappa shape index (κ1) is 14.1. The summed E-state index contributed by atoms with van der Waals surface area (Å²) in [7, 11) is 1.99. The molecule has 112 valence electrons. The second-order valence-corrected chi connectivity index (χ2v) is 5.06. The zero-order chi connectivity index (χ0) is 15.7. The fourth-order valence-electron chi connectivity index (χ4n) is 2.40. The van der Waals surface area contributed by atoms with Crippen molar-refractivity contribution in [2.75, 3.05) is 5.32 Å². The molecule has 0 unspecified atom stereocenters. The van der Waals surface area contributed by atoms with E-state index >= 15 is 0 Å². The normalized spacial score (nSPS) is 10.8. The number of benzene rings is 1. The van der Waals surface area contributed by atoms with Gasteiger partial charge in [0.15, 0.2) is 0 Å². The van der Waals surface area contributed by atoms with Crippen molar-refractivity contribution in [3.63, 3.8) is 0 Å². The quantitative estimate of drug-likeness (QED) is 0.773. The number of carbonyl (C=O) groups excluding carboxylic acids is 1. The number of hydrogen-bond acceptors (Lipinski definition) is 4. The fourth-order valence-corrected chi connectivity index (χ4v) is 2.40. The van der Waals surface area contributed by atoms with E-state index in [9.17, 15) is 4.79 Å². The van der Waals surface area contributed by atoms with Gasteiger partial charge in [-0.2, -0.15) is 0 Å². The van der Waals surface area contributed by atoms with E-state index in [1.54, 1.807) is 0 Å². The molecule has 3 rings (SSSR count). The molecule has 3 aromatic rings. The summed E-state index contributed by atoms with van der Waals surface area (Å²) in [6, 6.07) is 7.95. The van der Waals surface area contributed by atoms with Crippen LogP contribution in [0.4, 0.5) is 11.5 Å². The summed E-state index contributed by atoms with van der Waals surface area (Å²) in [6.45, 7) is 1.96. The van der Waals surface area contributed by atoms with E-state index in [1.807, 2.05) is 49.0 Å². The molecule has 0 aliphatic rings. The second kappa shape index (κ2) is 5.48. The van der Waals surface area contributed by atoms with Gasteiger partial charge >= 0.3 is 0 Å². The van der Waals surface area contributed by atoms with Gasteiger partial charge in [0.05, 0.1) is 0 Å². The number of amides is 1. The predicted octanol–water partition coefficient (Wildman–Crippen LogP) is 2.37. The Morgan fingerprint density at radius 3 is 2.91 bits per heavy atom. The Labute approximate surface area is 128 Å². The van der Waals surface area contributed by atoms with E-state index in [2.05, 4.69) is 15.3 Å². The van der Waals surface area contributed by atoms with Crippen molar-refractivity contribution < 1.29 is 4.79 Å². The number of anilines is 2. The molecule has 0 aliphatic heterocycles. The lowest BCUT2D eigenvalue weighted by molar-refractivity contribution is 0.100. The minimum Gasteiger partial charge on any atom is -0.365 e. The molecule has 2 heterocycles. The van der Waals surface area contributed by atoms with E-state index in [4.69, 9.17) is 5.73 Å². The molecule has 0 aliphatic carbocycles. The first-order valence-corrected chi connectivity index (χ1v) is 7.07. The monoisotopic (exact) mass is 295 g/mol. The highest BCUT2D eigenvalue weighted by molar-refractivity contribution is 6.00. The molecule has 3 N–H and O–H groups in total. The fraction of sp³-hybridized carbons (Fsp3) is 0.188. The molecule has 6 nitrogen and oxygen atoms in total. The summed E-state index contributed by atoms with van der Waals surface area (Å²) in [5, 5.41) is 4.27. The highest BCUT2D eigenvalue weighted by atomic mass is 16.1. The molecule has 1 aromatic carbocycles. The van der Waals surface area contributed by atoms with Gasteiger partial charge in [0, 0.05) is 42.5 Å². The summed E-state index contributed by atoms with van der Waals surface area (Å²) in [5.74, 6) is 0.550. The van der Waals surface area contributed by atoms with E-state index in [1.165, 1.54) is 6.20 Å². The number of primary amides is 1. The minimum absolute atomic E-state index is 0.283. The number of aromatic nitrogens is 3. The molecule has 1 amide bonds. The van der Waals surface area contributed by atoms with Crippen LogP contribution in [0, 0.1) is 0 Å². The standard InChI is InChI=1S/C16H17N5O/c1-3-14-18-9-11(15(17)22)16(20-14)19-12-5-4-6-13-10(12)7-8-21(13)2/h4-9H,3H2,1-2H3,(H2,17,22)(H,18,19,20). The third-order valence-corrected chi connectivity index (χ3v) is 3.60. The van der Waals surface area contributed by atoms with Crippen molar-refractivity contribution in [2.45, 2.75) is 13.3 Å². The van der Waals surface area contributed by atoms with E-state index in [0.29, 0.717) is 18.1 Å². The largest absolute Gasteiger partial charge is 0.365 e. The zero-order valence-electron chi connectivity index (χ0n) is 12.5. The Morgan fingerprint density at radius 1 is 1.36 bits per heavy atom. The maximum absolute atomic E-state index is 11.6.